The van der Waals surface area contributed by atoms with E-state index in [1.54, 1.807) is 9.12 Å². The predicted molar refractivity (Wildman–Crippen MR) is 114 cm³/mol. The summed E-state index contributed by atoms with van der Waals surface area (Å²) in [5.74, 6) is 0. The maximum atomic E-state index is 5.89. The van der Waals surface area contributed by atoms with E-state index in [4.69, 9.17) is 11.6 Å². The normalized spacial score (nSPS) is 12.9. The van der Waals surface area contributed by atoms with Crippen molar-refractivity contribution in [3.63, 3.8) is 0 Å². The summed E-state index contributed by atoms with van der Waals surface area (Å²) >= 11 is 3.46. The molecule has 2 heteroatoms. The van der Waals surface area contributed by atoms with Crippen LogP contribution in [0.4, 0.5) is 0 Å². The Bertz CT molecular complexity index is 468. The topological polar surface area (TPSA) is 0 Å². The molecule has 0 saturated heterocycles. The summed E-state index contributed by atoms with van der Waals surface area (Å²) in [6.45, 7) is 7.00. The van der Waals surface area contributed by atoms with Gasteiger partial charge in [-0.3, -0.25) is 0 Å². The minimum atomic E-state index is -2.43. The monoisotopic (exact) mass is 454 g/mol. The van der Waals surface area contributed by atoms with Gasteiger partial charge in [-0.05, 0) is 0 Å². The van der Waals surface area contributed by atoms with Crippen molar-refractivity contribution in [3.05, 3.63) is 53.6 Å². The average Bonchev–Trinajstić information content (AvgIpc) is 2.63. The Morgan fingerprint density at radius 3 is 1.79 bits per heavy atom. The average molecular weight is 454 g/mol. The van der Waals surface area contributed by atoms with Gasteiger partial charge in [0.2, 0.25) is 0 Å². The van der Waals surface area contributed by atoms with E-state index in [0.29, 0.717) is 0 Å². The van der Waals surface area contributed by atoms with E-state index in [1.807, 2.05) is 0 Å². The van der Waals surface area contributed by atoms with Crippen molar-refractivity contribution in [3.8, 4) is 0 Å². The van der Waals surface area contributed by atoms with E-state index in [1.165, 1.54) is 57.4 Å². The molecule has 0 saturated carbocycles. The number of allylic oxidation sites excluding steroid dienone is 2. The fraction of sp³-hybridized carbons (Fsp3) is 0.545. The molecule has 0 amide bonds. The molecule has 0 aliphatic rings. The second-order valence-corrected chi connectivity index (χ2v) is 20.2. The molecular weight excluding hydrogens is 418 g/mol. The molecular formula is C22H35ClSn. The molecule has 0 fully saturated rings. The summed E-state index contributed by atoms with van der Waals surface area (Å²) in [4.78, 5) is 0. The van der Waals surface area contributed by atoms with Crippen LogP contribution < -0.4 is 0 Å². The molecule has 0 radical (unpaired) electrons. The van der Waals surface area contributed by atoms with Crippen molar-refractivity contribution in [2.24, 2.45) is 0 Å². The SMILES string of the molecule is CCC[CH2][Sn]([CH2]CCC)([CH2]CCC)/[C](=C\C=C\Cl)c1ccccc1. The van der Waals surface area contributed by atoms with Crippen LogP contribution in [0.15, 0.2) is 48.0 Å². The first-order valence-corrected chi connectivity index (χ1v) is 17.7. The third kappa shape index (κ3) is 6.96. The van der Waals surface area contributed by atoms with Gasteiger partial charge in [0.05, 0.1) is 0 Å². The van der Waals surface area contributed by atoms with Gasteiger partial charge in [-0.15, -0.1) is 0 Å². The summed E-state index contributed by atoms with van der Waals surface area (Å²) in [7, 11) is 0. The Morgan fingerprint density at radius 2 is 1.38 bits per heavy atom. The molecule has 0 spiro atoms. The standard InChI is InChI=1S/C10H8Cl.3C4H9.Sn/c11-9-5-4-8-10-6-2-1-3-7-10;3*1-3-4-2;/h1-7,9H;3*1,3-4H2,2H3;/b8-4?,9-5+;;;;. The van der Waals surface area contributed by atoms with Crippen molar-refractivity contribution in [2.45, 2.75) is 72.6 Å². The van der Waals surface area contributed by atoms with Crippen LogP contribution >= 0.6 is 11.6 Å². The van der Waals surface area contributed by atoms with E-state index < -0.39 is 18.4 Å². The molecule has 0 unspecified atom stereocenters. The van der Waals surface area contributed by atoms with E-state index in [2.05, 4.69) is 63.3 Å². The van der Waals surface area contributed by atoms with Crippen LogP contribution in [0.25, 0.3) is 3.59 Å². The second kappa shape index (κ2) is 13.1. The molecule has 1 aromatic rings. The van der Waals surface area contributed by atoms with Crippen molar-refractivity contribution in [1.29, 1.82) is 0 Å². The van der Waals surface area contributed by atoms with E-state index >= 15 is 0 Å². The van der Waals surface area contributed by atoms with Gasteiger partial charge in [-0.1, -0.05) is 0 Å². The Balaban J connectivity index is 3.34. The van der Waals surface area contributed by atoms with E-state index in [9.17, 15) is 0 Å². The summed E-state index contributed by atoms with van der Waals surface area (Å²) in [5.41, 5.74) is 3.12. The molecule has 0 N–H and O–H groups in total. The van der Waals surface area contributed by atoms with Gasteiger partial charge < -0.3 is 0 Å². The molecule has 0 bridgehead atoms. The van der Waals surface area contributed by atoms with Crippen molar-refractivity contribution in [1.82, 2.24) is 0 Å². The number of hydrogen-bond acceptors (Lipinski definition) is 0. The molecule has 1 aromatic carbocycles. The summed E-state index contributed by atoms with van der Waals surface area (Å²) in [5, 5.41) is 0. The van der Waals surface area contributed by atoms with Gasteiger partial charge in [0.15, 0.2) is 0 Å². The Morgan fingerprint density at radius 1 is 0.875 bits per heavy atom. The molecule has 134 valence electrons. The number of hydrogen-bond donors (Lipinski definition) is 0. The zero-order valence-electron chi connectivity index (χ0n) is 15.9. The zero-order valence-corrected chi connectivity index (χ0v) is 19.5. The summed E-state index contributed by atoms with van der Waals surface area (Å²) < 4.78 is 6.16. The van der Waals surface area contributed by atoms with Crippen LogP contribution in [-0.2, 0) is 0 Å². The molecule has 1 rings (SSSR count). The Kier molecular flexibility index (Phi) is 11.9. The first-order valence-electron chi connectivity index (χ1n) is 9.77. The molecule has 0 atom stereocenters. The van der Waals surface area contributed by atoms with Gasteiger partial charge in [-0.25, -0.2) is 0 Å². The summed E-state index contributed by atoms with van der Waals surface area (Å²) in [6, 6.07) is 11.1. The first kappa shape index (κ1) is 21.8. The molecule has 24 heavy (non-hydrogen) atoms. The van der Waals surface area contributed by atoms with Crippen LogP contribution in [-0.4, -0.2) is 18.4 Å². The minimum absolute atomic E-state index is 1.31. The van der Waals surface area contributed by atoms with Gasteiger partial charge in [0, 0.05) is 0 Å². The molecule has 0 aliphatic carbocycles. The third-order valence-corrected chi connectivity index (χ3v) is 20.9. The van der Waals surface area contributed by atoms with E-state index in [-0.39, 0.29) is 0 Å². The van der Waals surface area contributed by atoms with Crippen LogP contribution in [0.1, 0.15) is 64.9 Å². The zero-order chi connectivity index (χ0) is 17.7. The fourth-order valence-corrected chi connectivity index (χ4v) is 20.5. The fourth-order valence-electron chi connectivity index (χ4n) is 3.65. The Hall–Kier alpha value is -0.211. The van der Waals surface area contributed by atoms with Gasteiger partial charge >= 0.3 is 160 Å². The van der Waals surface area contributed by atoms with Crippen LogP contribution in [0.2, 0.25) is 13.3 Å². The number of rotatable bonds is 12. The van der Waals surface area contributed by atoms with Crippen molar-refractivity contribution >= 4 is 33.6 Å². The van der Waals surface area contributed by atoms with Crippen molar-refractivity contribution in [2.75, 3.05) is 0 Å². The van der Waals surface area contributed by atoms with Crippen LogP contribution in [0, 0.1) is 0 Å². The quantitative estimate of drug-likeness (QED) is 0.221. The van der Waals surface area contributed by atoms with Crippen molar-refractivity contribution < 1.29 is 0 Å². The predicted octanol–water partition coefficient (Wildman–Crippen LogP) is 8.21. The van der Waals surface area contributed by atoms with Crippen LogP contribution in [0.5, 0.6) is 0 Å². The van der Waals surface area contributed by atoms with Gasteiger partial charge in [0.25, 0.3) is 0 Å². The second-order valence-electron chi connectivity index (χ2n) is 6.86. The molecule has 0 nitrogen and oxygen atoms in total. The third-order valence-electron chi connectivity index (χ3n) is 5.02. The Labute approximate surface area is 159 Å². The molecule has 0 aromatic heterocycles. The van der Waals surface area contributed by atoms with E-state index in [0.717, 1.165) is 0 Å². The van der Waals surface area contributed by atoms with Gasteiger partial charge in [-0.2, -0.15) is 0 Å². The first-order chi connectivity index (χ1) is 11.7. The summed E-state index contributed by atoms with van der Waals surface area (Å²) in [6.07, 6.45) is 12.5. The molecule has 0 heterocycles. The van der Waals surface area contributed by atoms with Crippen LogP contribution in [0.3, 0.4) is 0 Å². The molecule has 0 aliphatic heterocycles. The maximum absolute atomic E-state index is 5.89. The number of benzene rings is 1. The number of unbranched alkanes of at least 4 members (excludes halogenated alkanes) is 3. The van der Waals surface area contributed by atoms with Gasteiger partial charge in [0.1, 0.15) is 0 Å². The number of halogens is 1.